The normalized spacial score (nSPS) is 14.7. The van der Waals surface area contributed by atoms with Crippen molar-refractivity contribution in [3.8, 4) is 29.4 Å². The van der Waals surface area contributed by atoms with Crippen LogP contribution in [0, 0.1) is 12.3 Å². The predicted molar refractivity (Wildman–Crippen MR) is 112 cm³/mol. The molecule has 0 atom stereocenters. The van der Waals surface area contributed by atoms with Crippen LogP contribution in [0.2, 0.25) is 0 Å². The molecule has 0 unspecified atom stereocenters. The zero-order valence-electron chi connectivity index (χ0n) is 15.9. The SMILES string of the molecule is C#CCN(C(=O)c1csc2nc(-c3ccccc3OC)cn12)C1CCCCC1. The number of methoxy groups -OCH3 is 1. The number of hydrogen-bond acceptors (Lipinski definition) is 4. The monoisotopic (exact) mass is 393 g/mol. The largest absolute Gasteiger partial charge is 0.496 e. The molecule has 28 heavy (non-hydrogen) atoms. The van der Waals surface area contributed by atoms with Crippen LogP contribution in [0.1, 0.15) is 42.6 Å². The van der Waals surface area contributed by atoms with Gasteiger partial charge in [0.15, 0.2) is 4.96 Å². The number of para-hydroxylation sites is 1. The second kappa shape index (κ2) is 8.07. The molecule has 2 heterocycles. The average molecular weight is 394 g/mol. The molecule has 1 saturated carbocycles. The van der Waals surface area contributed by atoms with E-state index in [-0.39, 0.29) is 11.9 Å². The van der Waals surface area contributed by atoms with Gasteiger partial charge in [0.25, 0.3) is 5.91 Å². The van der Waals surface area contributed by atoms with Crippen LogP contribution in [0.3, 0.4) is 0 Å². The number of aromatic nitrogens is 2. The zero-order valence-corrected chi connectivity index (χ0v) is 16.7. The molecular weight excluding hydrogens is 370 g/mol. The Balaban J connectivity index is 1.69. The van der Waals surface area contributed by atoms with E-state index in [1.54, 1.807) is 7.11 Å². The van der Waals surface area contributed by atoms with Gasteiger partial charge >= 0.3 is 0 Å². The Labute approximate surface area is 169 Å². The number of nitrogens with zero attached hydrogens (tertiary/aromatic N) is 3. The number of imidazole rings is 1. The number of thiazole rings is 1. The maximum absolute atomic E-state index is 13.3. The van der Waals surface area contributed by atoms with Crippen LogP contribution in [0.5, 0.6) is 5.75 Å². The summed E-state index contributed by atoms with van der Waals surface area (Å²) in [5, 5.41) is 1.88. The maximum atomic E-state index is 13.3. The van der Waals surface area contributed by atoms with Gasteiger partial charge in [-0.2, -0.15) is 0 Å². The van der Waals surface area contributed by atoms with E-state index in [9.17, 15) is 4.79 Å². The van der Waals surface area contributed by atoms with Crippen molar-refractivity contribution in [3.63, 3.8) is 0 Å². The van der Waals surface area contributed by atoms with Crippen LogP contribution < -0.4 is 4.74 Å². The molecule has 1 aliphatic carbocycles. The number of terminal acetylenes is 1. The van der Waals surface area contributed by atoms with Crippen LogP contribution in [0.4, 0.5) is 0 Å². The van der Waals surface area contributed by atoms with Crippen LogP contribution in [-0.4, -0.2) is 39.9 Å². The maximum Gasteiger partial charge on any atom is 0.272 e. The molecule has 1 amide bonds. The molecule has 0 bridgehead atoms. The lowest BCUT2D eigenvalue weighted by Crippen LogP contribution is -2.42. The molecule has 1 aromatic carbocycles. The van der Waals surface area contributed by atoms with Crippen molar-refractivity contribution in [1.82, 2.24) is 14.3 Å². The lowest BCUT2D eigenvalue weighted by molar-refractivity contribution is 0.0661. The highest BCUT2D eigenvalue weighted by Crippen LogP contribution is 2.31. The number of hydrogen-bond donors (Lipinski definition) is 0. The second-order valence-corrected chi connectivity index (χ2v) is 7.87. The molecule has 6 heteroatoms. The fourth-order valence-corrected chi connectivity index (χ4v) is 4.78. The van der Waals surface area contributed by atoms with Crippen molar-refractivity contribution in [1.29, 1.82) is 0 Å². The van der Waals surface area contributed by atoms with Crippen LogP contribution >= 0.6 is 11.3 Å². The number of ether oxygens (including phenoxy) is 1. The highest BCUT2D eigenvalue weighted by molar-refractivity contribution is 7.15. The molecule has 144 valence electrons. The third-order valence-corrected chi connectivity index (χ3v) is 6.19. The lowest BCUT2D eigenvalue weighted by atomic mass is 9.94. The second-order valence-electron chi connectivity index (χ2n) is 7.03. The van der Waals surface area contributed by atoms with E-state index in [0.29, 0.717) is 12.2 Å². The van der Waals surface area contributed by atoms with E-state index in [0.717, 1.165) is 47.7 Å². The fourth-order valence-electron chi connectivity index (χ4n) is 3.93. The molecule has 4 rings (SSSR count). The van der Waals surface area contributed by atoms with Crippen molar-refractivity contribution in [2.75, 3.05) is 13.7 Å². The van der Waals surface area contributed by atoms with E-state index in [2.05, 4.69) is 5.92 Å². The molecular formula is C22H23N3O2S. The molecule has 3 aromatic rings. The van der Waals surface area contributed by atoms with Gasteiger partial charge < -0.3 is 9.64 Å². The smallest absolute Gasteiger partial charge is 0.272 e. The molecule has 0 N–H and O–H groups in total. The van der Waals surface area contributed by atoms with Gasteiger partial charge in [-0.1, -0.05) is 37.3 Å². The van der Waals surface area contributed by atoms with Gasteiger partial charge in [-0.3, -0.25) is 9.20 Å². The first-order chi connectivity index (χ1) is 13.7. The highest BCUT2D eigenvalue weighted by Gasteiger charge is 2.28. The molecule has 0 radical (unpaired) electrons. The molecule has 0 aliphatic heterocycles. The summed E-state index contributed by atoms with van der Waals surface area (Å²) in [5.74, 6) is 3.42. The number of benzene rings is 1. The van der Waals surface area contributed by atoms with Crippen molar-refractivity contribution >= 4 is 22.2 Å². The lowest BCUT2D eigenvalue weighted by Gasteiger charge is -2.32. The van der Waals surface area contributed by atoms with E-state index >= 15 is 0 Å². The van der Waals surface area contributed by atoms with E-state index in [1.165, 1.54) is 17.8 Å². The van der Waals surface area contributed by atoms with Crippen LogP contribution in [0.25, 0.3) is 16.2 Å². The number of carbonyl (C=O) groups is 1. The van der Waals surface area contributed by atoms with E-state index < -0.39 is 0 Å². The Morgan fingerprint density at radius 2 is 2.14 bits per heavy atom. The van der Waals surface area contributed by atoms with Gasteiger partial charge in [0.1, 0.15) is 11.4 Å². The van der Waals surface area contributed by atoms with Crippen LogP contribution in [0.15, 0.2) is 35.8 Å². The van der Waals surface area contributed by atoms with Crippen molar-refractivity contribution < 1.29 is 9.53 Å². The average Bonchev–Trinajstić information content (AvgIpc) is 3.33. The zero-order chi connectivity index (χ0) is 19.5. The topological polar surface area (TPSA) is 46.8 Å². The summed E-state index contributed by atoms with van der Waals surface area (Å²) >= 11 is 1.47. The summed E-state index contributed by atoms with van der Waals surface area (Å²) in [5.41, 5.74) is 2.32. The molecule has 1 fully saturated rings. The third-order valence-electron chi connectivity index (χ3n) is 5.35. The first-order valence-electron chi connectivity index (χ1n) is 9.57. The summed E-state index contributed by atoms with van der Waals surface area (Å²) in [6, 6.07) is 7.99. The summed E-state index contributed by atoms with van der Waals surface area (Å²) in [6.45, 7) is 0.342. The number of carbonyl (C=O) groups excluding carboxylic acids is 1. The quantitative estimate of drug-likeness (QED) is 0.601. The minimum absolute atomic E-state index is 0.0138. The fraction of sp³-hybridized carbons (Fsp3) is 0.364. The number of fused-ring (bicyclic) bond motifs is 1. The first kappa shape index (κ1) is 18.6. The number of amides is 1. The molecule has 0 saturated heterocycles. The Kier molecular flexibility index (Phi) is 5.36. The van der Waals surface area contributed by atoms with E-state index in [1.807, 2.05) is 45.1 Å². The summed E-state index contributed by atoms with van der Waals surface area (Å²) in [4.78, 5) is 20.7. The molecule has 0 spiro atoms. The van der Waals surface area contributed by atoms with Gasteiger partial charge in [-0.05, 0) is 25.0 Å². The Bertz CT molecular complexity index is 1020. The highest BCUT2D eigenvalue weighted by atomic mass is 32.1. The van der Waals surface area contributed by atoms with Gasteiger partial charge in [0.05, 0.1) is 19.3 Å². The number of rotatable bonds is 5. The Hall–Kier alpha value is -2.78. The summed E-state index contributed by atoms with van der Waals surface area (Å²) < 4.78 is 7.33. The van der Waals surface area contributed by atoms with Crippen molar-refractivity contribution in [3.05, 3.63) is 41.5 Å². The molecule has 1 aliphatic rings. The van der Waals surface area contributed by atoms with E-state index in [4.69, 9.17) is 16.1 Å². The Morgan fingerprint density at radius 3 is 2.89 bits per heavy atom. The van der Waals surface area contributed by atoms with Gasteiger partial charge in [-0.25, -0.2) is 4.98 Å². The summed E-state index contributed by atoms with van der Waals surface area (Å²) in [7, 11) is 1.65. The standard InChI is InChI=1S/C22H23N3O2S/c1-3-13-24(16-9-5-4-6-10-16)21(26)19-15-28-22-23-18(14-25(19)22)17-11-7-8-12-20(17)27-2/h1,7-8,11-12,14-16H,4-6,9-10,13H2,2H3. The van der Waals surface area contributed by atoms with Crippen LogP contribution in [-0.2, 0) is 0 Å². The third kappa shape index (κ3) is 3.38. The summed E-state index contributed by atoms with van der Waals surface area (Å²) in [6.07, 6.45) is 13.1. The minimum Gasteiger partial charge on any atom is -0.496 e. The van der Waals surface area contributed by atoms with Gasteiger partial charge in [0, 0.05) is 23.2 Å². The van der Waals surface area contributed by atoms with Gasteiger partial charge in [-0.15, -0.1) is 17.8 Å². The van der Waals surface area contributed by atoms with Gasteiger partial charge in [0.2, 0.25) is 0 Å². The molecule has 2 aromatic heterocycles. The first-order valence-corrected chi connectivity index (χ1v) is 10.5. The molecule has 5 nitrogen and oxygen atoms in total. The van der Waals surface area contributed by atoms with Crippen molar-refractivity contribution in [2.45, 2.75) is 38.1 Å². The predicted octanol–water partition coefficient (Wildman–Crippen LogP) is 4.48. The van der Waals surface area contributed by atoms with Crippen molar-refractivity contribution in [2.24, 2.45) is 0 Å². The Morgan fingerprint density at radius 1 is 1.36 bits per heavy atom. The minimum atomic E-state index is -0.0138.